The number of likely N-dealkylation sites (N-methyl/N-ethyl adjacent to an activating group) is 1. The molecule has 0 aliphatic carbocycles. The van der Waals surface area contributed by atoms with Gasteiger partial charge in [-0.15, -0.1) is 0 Å². The van der Waals surface area contributed by atoms with Crippen LogP contribution in [0.1, 0.15) is 37.9 Å². The predicted molar refractivity (Wildman–Crippen MR) is 114 cm³/mol. The molecule has 0 amide bonds. The largest absolute Gasteiger partial charge is 0.463 e. The molecule has 2 rings (SSSR count). The minimum Gasteiger partial charge on any atom is -0.463 e. The Morgan fingerprint density at radius 2 is 1.93 bits per heavy atom. The van der Waals surface area contributed by atoms with Crippen LogP contribution in [0.25, 0.3) is 0 Å². The highest BCUT2D eigenvalue weighted by Gasteiger charge is 2.26. The molecule has 3 N–H and O–H groups in total. The van der Waals surface area contributed by atoms with E-state index in [9.17, 15) is 5.11 Å². The van der Waals surface area contributed by atoms with Crippen LogP contribution in [0.3, 0.4) is 0 Å². The molecule has 0 spiro atoms. The third kappa shape index (κ3) is 6.69. The zero-order chi connectivity index (χ0) is 20.6. The maximum atomic E-state index is 10.7. The lowest BCUT2D eigenvalue weighted by Crippen LogP contribution is -2.45. The average molecular weight is 387 g/mol. The maximum absolute atomic E-state index is 10.7. The molecular weight excluding hydrogens is 352 g/mol. The molecule has 0 radical (unpaired) electrons. The van der Waals surface area contributed by atoms with Gasteiger partial charge in [-0.1, -0.05) is 30.3 Å². The van der Waals surface area contributed by atoms with Crippen LogP contribution in [0.5, 0.6) is 0 Å². The van der Waals surface area contributed by atoms with Gasteiger partial charge in [-0.25, -0.2) is 4.99 Å². The number of nitrogens with one attached hydrogen (secondary N) is 2. The Labute approximate surface area is 168 Å². The summed E-state index contributed by atoms with van der Waals surface area (Å²) < 4.78 is 5.56. The van der Waals surface area contributed by atoms with Crippen molar-refractivity contribution in [3.8, 4) is 0 Å². The monoisotopic (exact) mass is 386 g/mol. The first-order chi connectivity index (χ1) is 13.3. The summed E-state index contributed by atoms with van der Waals surface area (Å²) in [6, 6.07) is 14.4. The second kappa shape index (κ2) is 10.3. The zero-order valence-electron chi connectivity index (χ0n) is 17.7. The van der Waals surface area contributed by atoms with Crippen LogP contribution in [0.2, 0.25) is 0 Å². The molecule has 0 fully saturated rings. The zero-order valence-corrected chi connectivity index (χ0v) is 17.7. The van der Waals surface area contributed by atoms with Crippen molar-refractivity contribution in [3.05, 3.63) is 59.5 Å². The molecule has 6 heteroatoms. The Morgan fingerprint density at radius 3 is 2.54 bits per heavy atom. The van der Waals surface area contributed by atoms with Gasteiger partial charge in [0.05, 0.1) is 6.54 Å². The van der Waals surface area contributed by atoms with Gasteiger partial charge in [0.2, 0.25) is 0 Å². The van der Waals surface area contributed by atoms with Crippen molar-refractivity contribution < 1.29 is 9.52 Å². The van der Waals surface area contributed by atoms with Crippen LogP contribution < -0.4 is 10.6 Å². The quantitative estimate of drug-likeness (QED) is 0.457. The van der Waals surface area contributed by atoms with E-state index in [0.29, 0.717) is 17.8 Å². The number of hydrogen-bond donors (Lipinski definition) is 3. The highest BCUT2D eigenvalue weighted by atomic mass is 16.4. The highest BCUT2D eigenvalue weighted by molar-refractivity contribution is 5.79. The van der Waals surface area contributed by atoms with E-state index in [4.69, 9.17) is 4.42 Å². The second-order valence-corrected chi connectivity index (χ2v) is 7.51. The highest BCUT2D eigenvalue weighted by Crippen LogP contribution is 2.23. The number of aliphatic hydroxyl groups is 1. The normalized spacial score (nSPS) is 15.3. The summed E-state index contributed by atoms with van der Waals surface area (Å²) in [4.78, 5) is 6.85. The molecule has 6 nitrogen and oxygen atoms in total. The van der Waals surface area contributed by atoms with E-state index in [1.807, 2.05) is 26.0 Å². The van der Waals surface area contributed by atoms with Crippen molar-refractivity contribution in [2.24, 2.45) is 4.99 Å². The lowest BCUT2D eigenvalue weighted by atomic mass is 10.0. The maximum Gasteiger partial charge on any atom is 0.191 e. The van der Waals surface area contributed by atoms with Gasteiger partial charge in [0, 0.05) is 25.7 Å². The standard InChI is InChI=1S/C22H34N4O2/c1-6-23-21(25-16-22(4,27)20-13-12-18(3)28-20)24-14-17(2)26(5)15-19-10-8-7-9-11-19/h7-13,17,27H,6,14-16H2,1-5H3,(H2,23,24,25). The molecular formula is C22H34N4O2. The van der Waals surface area contributed by atoms with Crippen LogP contribution in [-0.2, 0) is 12.1 Å². The summed E-state index contributed by atoms with van der Waals surface area (Å²) in [7, 11) is 2.12. The van der Waals surface area contributed by atoms with Crippen LogP contribution in [-0.4, -0.2) is 48.7 Å². The van der Waals surface area contributed by atoms with Crippen molar-refractivity contribution in [3.63, 3.8) is 0 Å². The SMILES string of the molecule is CCNC(=NCC(C)(O)c1ccc(C)o1)NCC(C)N(C)Cc1ccccc1. The summed E-state index contributed by atoms with van der Waals surface area (Å²) in [6.45, 7) is 10.4. The molecule has 2 aromatic rings. The van der Waals surface area contributed by atoms with Crippen LogP contribution >= 0.6 is 0 Å². The van der Waals surface area contributed by atoms with E-state index < -0.39 is 5.60 Å². The van der Waals surface area contributed by atoms with Gasteiger partial charge < -0.3 is 20.2 Å². The minimum absolute atomic E-state index is 0.212. The third-order valence-electron chi connectivity index (χ3n) is 4.75. The van der Waals surface area contributed by atoms with Gasteiger partial charge >= 0.3 is 0 Å². The average Bonchev–Trinajstić information content (AvgIpc) is 3.12. The van der Waals surface area contributed by atoms with Crippen molar-refractivity contribution in [1.29, 1.82) is 0 Å². The lowest BCUT2D eigenvalue weighted by Gasteiger charge is -2.26. The van der Waals surface area contributed by atoms with Gasteiger partial charge in [-0.2, -0.15) is 0 Å². The number of rotatable bonds is 9. The summed E-state index contributed by atoms with van der Waals surface area (Å²) >= 11 is 0. The van der Waals surface area contributed by atoms with E-state index >= 15 is 0 Å². The number of nitrogens with zero attached hydrogens (tertiary/aromatic N) is 2. The fourth-order valence-electron chi connectivity index (χ4n) is 2.80. The Bertz CT molecular complexity index is 740. The summed E-state index contributed by atoms with van der Waals surface area (Å²) in [5.41, 5.74) is 0.147. The van der Waals surface area contributed by atoms with Gasteiger partial charge in [0.1, 0.15) is 17.1 Å². The molecule has 1 aromatic carbocycles. The summed E-state index contributed by atoms with van der Waals surface area (Å²) in [6.07, 6.45) is 0. The second-order valence-electron chi connectivity index (χ2n) is 7.51. The molecule has 154 valence electrons. The number of aliphatic imine (C=N–C) groups is 1. The van der Waals surface area contributed by atoms with Crippen molar-refractivity contribution in [2.75, 3.05) is 26.7 Å². The first-order valence-corrected chi connectivity index (χ1v) is 9.87. The minimum atomic E-state index is -1.15. The Morgan fingerprint density at radius 1 is 1.21 bits per heavy atom. The number of aryl methyl sites for hydroxylation is 1. The van der Waals surface area contributed by atoms with Gasteiger partial charge in [-0.05, 0) is 52.4 Å². The molecule has 0 saturated heterocycles. The van der Waals surface area contributed by atoms with Gasteiger partial charge in [-0.3, -0.25) is 4.90 Å². The number of guanidine groups is 1. The van der Waals surface area contributed by atoms with E-state index in [1.165, 1.54) is 5.56 Å². The van der Waals surface area contributed by atoms with E-state index in [2.05, 4.69) is 58.8 Å². The fourth-order valence-corrected chi connectivity index (χ4v) is 2.80. The van der Waals surface area contributed by atoms with E-state index in [0.717, 1.165) is 25.4 Å². The molecule has 0 bridgehead atoms. The number of hydrogen-bond acceptors (Lipinski definition) is 4. The molecule has 0 saturated carbocycles. The molecule has 2 atom stereocenters. The molecule has 1 heterocycles. The first kappa shape index (κ1) is 22.0. The van der Waals surface area contributed by atoms with Crippen molar-refractivity contribution in [2.45, 2.75) is 45.9 Å². The molecule has 0 aliphatic rings. The van der Waals surface area contributed by atoms with Crippen molar-refractivity contribution >= 4 is 5.96 Å². The smallest absolute Gasteiger partial charge is 0.191 e. The summed E-state index contributed by atoms with van der Waals surface area (Å²) in [5, 5.41) is 17.3. The molecule has 2 unspecified atom stereocenters. The Kier molecular flexibility index (Phi) is 8.08. The topological polar surface area (TPSA) is 73.0 Å². The van der Waals surface area contributed by atoms with Crippen molar-refractivity contribution in [1.82, 2.24) is 15.5 Å². The van der Waals surface area contributed by atoms with Crippen LogP contribution in [0.15, 0.2) is 51.9 Å². The third-order valence-corrected chi connectivity index (χ3v) is 4.75. The number of furan rings is 1. The fraction of sp³-hybridized carbons (Fsp3) is 0.500. The van der Waals surface area contributed by atoms with E-state index in [1.54, 1.807) is 13.0 Å². The lowest BCUT2D eigenvalue weighted by molar-refractivity contribution is 0.0428. The van der Waals surface area contributed by atoms with Crippen LogP contribution in [0, 0.1) is 6.92 Å². The van der Waals surface area contributed by atoms with Gasteiger partial charge in [0.15, 0.2) is 5.96 Å². The molecule has 28 heavy (non-hydrogen) atoms. The number of benzene rings is 1. The molecule has 0 aliphatic heterocycles. The predicted octanol–water partition coefficient (Wildman–Crippen LogP) is 2.87. The van der Waals surface area contributed by atoms with Crippen LogP contribution in [0.4, 0.5) is 0 Å². The molecule has 1 aromatic heterocycles. The Balaban J connectivity index is 1.91. The van der Waals surface area contributed by atoms with E-state index in [-0.39, 0.29) is 6.54 Å². The first-order valence-electron chi connectivity index (χ1n) is 9.87. The Hall–Kier alpha value is -2.31. The summed E-state index contributed by atoms with van der Waals surface area (Å²) in [5.74, 6) is 1.99. The van der Waals surface area contributed by atoms with Gasteiger partial charge in [0.25, 0.3) is 0 Å².